The van der Waals surface area contributed by atoms with Gasteiger partial charge in [0.15, 0.2) is 0 Å². The Morgan fingerprint density at radius 2 is 0.902 bits per heavy atom. The van der Waals surface area contributed by atoms with E-state index in [-0.39, 0.29) is 0 Å². The smallest absolute Gasteiger partial charge is 0.0792 e. The molecule has 0 radical (unpaired) electrons. The summed E-state index contributed by atoms with van der Waals surface area (Å²) < 4.78 is 2.42. The lowest BCUT2D eigenvalue weighted by Crippen LogP contribution is -2.01. The first-order valence-electron chi connectivity index (χ1n) is 17.5. The van der Waals surface area contributed by atoms with Gasteiger partial charge in [-0.3, -0.25) is 4.98 Å². The van der Waals surface area contributed by atoms with Crippen molar-refractivity contribution in [2.45, 2.75) is 0 Å². The maximum absolute atomic E-state index is 5.10. The highest BCUT2D eigenvalue weighted by Gasteiger charge is 2.21. The Morgan fingerprint density at radius 1 is 0.333 bits per heavy atom. The first-order chi connectivity index (χ1) is 25.3. The van der Waals surface area contributed by atoms with Crippen LogP contribution in [0.2, 0.25) is 0 Å². The van der Waals surface area contributed by atoms with Crippen molar-refractivity contribution in [1.29, 1.82) is 0 Å². The Labute approximate surface area is 296 Å². The molecule has 2 heterocycles. The second kappa shape index (κ2) is 12.0. The highest BCUT2D eigenvalue weighted by atomic mass is 15.0. The maximum Gasteiger partial charge on any atom is 0.0792 e. The molecular weight excluding hydrogens is 617 g/mol. The molecule has 0 bridgehead atoms. The van der Waals surface area contributed by atoms with Gasteiger partial charge in [-0.25, -0.2) is 0 Å². The summed E-state index contributed by atoms with van der Waals surface area (Å²) in [7, 11) is 0. The third-order valence-electron chi connectivity index (χ3n) is 10.2. The normalized spacial score (nSPS) is 11.5. The van der Waals surface area contributed by atoms with Gasteiger partial charge in [0.1, 0.15) is 0 Å². The highest BCUT2D eigenvalue weighted by molar-refractivity contribution is 6.23. The Morgan fingerprint density at radius 3 is 1.61 bits per heavy atom. The van der Waals surface area contributed by atoms with Crippen LogP contribution >= 0.6 is 0 Å². The first kappa shape index (κ1) is 29.2. The number of hydrogen-bond donors (Lipinski definition) is 0. The van der Waals surface area contributed by atoms with Gasteiger partial charge in [-0.2, -0.15) is 0 Å². The van der Waals surface area contributed by atoms with Crippen LogP contribution in [0.1, 0.15) is 0 Å². The number of nitrogens with zero attached hydrogens (tertiary/aromatic N) is 2. The quantitative estimate of drug-likeness (QED) is 0.170. The average Bonchev–Trinajstić information content (AvgIpc) is 3.65. The molecule has 0 unspecified atom stereocenters. The summed E-state index contributed by atoms with van der Waals surface area (Å²) in [6.45, 7) is 0. The SMILES string of the molecule is c1ccc(-c2ccc(-c3ccccc3)n2-c2ccc3c(-c4nccc5ccccc45)c4ccccc4c(-c4ccc5ccccc5c4)c3c2)cc1. The van der Waals surface area contributed by atoms with Crippen molar-refractivity contribution in [2.24, 2.45) is 0 Å². The van der Waals surface area contributed by atoms with Crippen molar-refractivity contribution in [3.05, 3.63) is 194 Å². The van der Waals surface area contributed by atoms with Crippen LogP contribution < -0.4 is 0 Å². The van der Waals surface area contributed by atoms with Crippen molar-refractivity contribution in [1.82, 2.24) is 9.55 Å². The van der Waals surface area contributed by atoms with E-state index in [1.54, 1.807) is 0 Å². The second-order valence-electron chi connectivity index (χ2n) is 13.1. The first-order valence-corrected chi connectivity index (χ1v) is 17.5. The zero-order valence-electron chi connectivity index (χ0n) is 27.9. The van der Waals surface area contributed by atoms with Crippen LogP contribution in [-0.4, -0.2) is 9.55 Å². The van der Waals surface area contributed by atoms with E-state index in [1.807, 2.05) is 6.20 Å². The molecule has 0 N–H and O–H groups in total. The third kappa shape index (κ3) is 4.84. The fraction of sp³-hybridized carbons (Fsp3) is 0. The summed E-state index contributed by atoms with van der Waals surface area (Å²) in [4.78, 5) is 5.10. The lowest BCUT2D eigenvalue weighted by molar-refractivity contribution is 1.10. The monoisotopic (exact) mass is 648 g/mol. The number of rotatable bonds is 5. The van der Waals surface area contributed by atoms with Gasteiger partial charge in [0.2, 0.25) is 0 Å². The molecule has 0 fully saturated rings. The lowest BCUT2D eigenvalue weighted by Gasteiger charge is -2.21. The predicted octanol–water partition coefficient (Wildman–Crippen LogP) is 13.2. The van der Waals surface area contributed by atoms with Gasteiger partial charge in [-0.1, -0.05) is 152 Å². The fourth-order valence-corrected chi connectivity index (χ4v) is 7.92. The Hall–Kier alpha value is -6.77. The third-order valence-corrected chi connectivity index (χ3v) is 10.2. The van der Waals surface area contributed by atoms with Crippen molar-refractivity contribution in [2.75, 3.05) is 0 Å². The molecule has 2 nitrogen and oxygen atoms in total. The molecular formula is C49H32N2. The van der Waals surface area contributed by atoms with Crippen LogP contribution in [0.15, 0.2) is 194 Å². The van der Waals surface area contributed by atoms with Crippen LogP contribution in [0.4, 0.5) is 0 Å². The number of hydrogen-bond acceptors (Lipinski definition) is 1. The molecule has 0 aliphatic rings. The summed E-state index contributed by atoms with van der Waals surface area (Å²) in [6, 6.07) is 68.0. The predicted molar refractivity (Wildman–Crippen MR) is 215 cm³/mol. The number of benzene rings is 8. The van der Waals surface area contributed by atoms with Gasteiger partial charge in [0.25, 0.3) is 0 Å². The van der Waals surface area contributed by atoms with Gasteiger partial charge in [0.05, 0.1) is 17.1 Å². The fourth-order valence-electron chi connectivity index (χ4n) is 7.92. The molecule has 0 saturated heterocycles. The zero-order valence-corrected chi connectivity index (χ0v) is 27.9. The molecule has 0 aliphatic heterocycles. The summed E-state index contributed by atoms with van der Waals surface area (Å²) >= 11 is 0. The van der Waals surface area contributed by atoms with E-state index < -0.39 is 0 Å². The van der Waals surface area contributed by atoms with Crippen molar-refractivity contribution >= 4 is 43.1 Å². The van der Waals surface area contributed by atoms with Gasteiger partial charge in [0, 0.05) is 22.8 Å². The second-order valence-corrected chi connectivity index (χ2v) is 13.1. The Bertz CT molecular complexity index is 2840. The van der Waals surface area contributed by atoms with E-state index in [1.165, 1.54) is 60.0 Å². The lowest BCUT2D eigenvalue weighted by atomic mass is 9.85. The van der Waals surface area contributed by atoms with E-state index in [0.717, 1.165) is 33.7 Å². The molecule has 2 aromatic heterocycles. The van der Waals surface area contributed by atoms with E-state index in [4.69, 9.17) is 4.98 Å². The number of pyridine rings is 1. The summed E-state index contributed by atoms with van der Waals surface area (Å²) in [5, 5.41) is 9.57. The molecule has 0 atom stereocenters. The van der Waals surface area contributed by atoms with Crippen molar-refractivity contribution in [3.63, 3.8) is 0 Å². The largest absolute Gasteiger partial charge is 0.309 e. The standard InChI is InChI=1S/C49H32N2/c1-3-15-35(16-4-1)45-27-28-46(36-17-5-2-6-18-36)51(45)39-25-26-43-44(32-39)47(38-24-23-33-13-7-8-19-37(33)31-38)41-21-11-12-22-42(41)48(43)49-40-20-10-9-14-34(40)29-30-50-49/h1-32H. The van der Waals surface area contributed by atoms with Crippen molar-refractivity contribution < 1.29 is 0 Å². The topological polar surface area (TPSA) is 17.8 Å². The summed E-state index contributed by atoms with van der Waals surface area (Å²) in [5.74, 6) is 0. The molecule has 0 spiro atoms. The molecule has 8 aromatic carbocycles. The zero-order chi connectivity index (χ0) is 33.7. The minimum atomic E-state index is 1.00. The van der Waals surface area contributed by atoms with E-state index in [0.29, 0.717) is 0 Å². The molecule has 10 rings (SSSR count). The van der Waals surface area contributed by atoms with Gasteiger partial charge < -0.3 is 4.57 Å². The molecule has 0 saturated carbocycles. The number of aromatic nitrogens is 2. The average molecular weight is 649 g/mol. The van der Waals surface area contributed by atoms with Crippen LogP contribution in [0.5, 0.6) is 0 Å². The van der Waals surface area contributed by atoms with Crippen LogP contribution in [0, 0.1) is 0 Å². The van der Waals surface area contributed by atoms with E-state index in [2.05, 4.69) is 193 Å². The Kier molecular flexibility index (Phi) is 6.85. The molecule has 51 heavy (non-hydrogen) atoms. The molecule has 2 heteroatoms. The molecule has 0 aliphatic carbocycles. The minimum absolute atomic E-state index is 1.00. The van der Waals surface area contributed by atoms with Gasteiger partial charge in [-0.05, 0) is 96.4 Å². The van der Waals surface area contributed by atoms with E-state index >= 15 is 0 Å². The maximum atomic E-state index is 5.10. The molecule has 238 valence electrons. The highest BCUT2D eigenvalue weighted by Crippen LogP contribution is 2.46. The summed E-state index contributed by atoms with van der Waals surface area (Å²) in [6.07, 6.45) is 1.95. The van der Waals surface area contributed by atoms with Crippen LogP contribution in [0.3, 0.4) is 0 Å². The Balaban J connectivity index is 1.35. The van der Waals surface area contributed by atoms with E-state index in [9.17, 15) is 0 Å². The van der Waals surface area contributed by atoms with Gasteiger partial charge >= 0.3 is 0 Å². The van der Waals surface area contributed by atoms with Gasteiger partial charge in [-0.15, -0.1) is 0 Å². The molecule has 10 aromatic rings. The molecule has 0 amide bonds. The summed E-state index contributed by atoms with van der Waals surface area (Å²) in [5.41, 5.74) is 10.4. The van der Waals surface area contributed by atoms with Crippen LogP contribution in [-0.2, 0) is 0 Å². The number of fused-ring (bicyclic) bond motifs is 4. The van der Waals surface area contributed by atoms with Crippen LogP contribution in [0.25, 0.3) is 93.7 Å². The minimum Gasteiger partial charge on any atom is -0.309 e. The van der Waals surface area contributed by atoms with Crippen molar-refractivity contribution in [3.8, 4) is 50.6 Å².